The minimum absolute atomic E-state index is 0.0214. The predicted octanol–water partition coefficient (Wildman–Crippen LogP) is 3.88. The molecule has 1 N–H and O–H groups in total. The van der Waals surface area contributed by atoms with E-state index >= 15 is 0 Å². The van der Waals surface area contributed by atoms with Crippen LogP contribution in [0.1, 0.15) is 37.8 Å². The number of carbonyl (C=O) groups is 1. The minimum atomic E-state index is -3.25. The Balaban J connectivity index is 1.78. The smallest absolute Gasteiger partial charge is 0.230 e. The van der Waals surface area contributed by atoms with Gasteiger partial charge in [0, 0.05) is 23.6 Å². The van der Waals surface area contributed by atoms with Crippen molar-refractivity contribution >= 4 is 31.9 Å². The van der Waals surface area contributed by atoms with Crippen molar-refractivity contribution in [1.29, 1.82) is 0 Å². The Morgan fingerprint density at radius 2 is 1.70 bits per heavy atom. The molecule has 1 aliphatic rings. The molecule has 0 radical (unpaired) electrons. The number of halogens is 1. The van der Waals surface area contributed by atoms with Gasteiger partial charge in [-0.3, -0.25) is 4.79 Å². The second-order valence-electron chi connectivity index (χ2n) is 7.95. The molecule has 0 saturated carbocycles. The summed E-state index contributed by atoms with van der Waals surface area (Å²) >= 11 is 3.44. The lowest BCUT2D eigenvalue weighted by molar-refractivity contribution is -0.128. The number of nitrogens with one attached hydrogen (secondary N) is 1. The Kier molecular flexibility index (Phi) is 7.37. The summed E-state index contributed by atoms with van der Waals surface area (Å²) in [6, 6.07) is 17.8. The summed E-state index contributed by atoms with van der Waals surface area (Å²) in [6.45, 7) is 4.39. The second-order valence-corrected chi connectivity index (χ2v) is 11.1. The Hall–Kier alpha value is -1.70. The van der Waals surface area contributed by atoms with Gasteiger partial charge < -0.3 is 5.32 Å². The molecule has 0 aromatic heterocycles. The average molecular weight is 493 g/mol. The number of sulfonamides is 1. The second kappa shape index (κ2) is 9.62. The Labute approximate surface area is 188 Å². The molecule has 1 unspecified atom stereocenters. The van der Waals surface area contributed by atoms with Crippen LogP contribution in [-0.2, 0) is 26.7 Å². The van der Waals surface area contributed by atoms with Crippen molar-refractivity contribution in [2.24, 2.45) is 0 Å². The van der Waals surface area contributed by atoms with E-state index in [1.165, 1.54) is 4.31 Å². The maximum atomic E-state index is 13.5. The molecule has 0 spiro atoms. The molecule has 7 heteroatoms. The third-order valence-corrected chi connectivity index (χ3v) is 8.34. The van der Waals surface area contributed by atoms with Crippen LogP contribution in [0.3, 0.4) is 0 Å². The van der Waals surface area contributed by atoms with Gasteiger partial charge in [0.2, 0.25) is 15.9 Å². The molecule has 1 saturated heterocycles. The Bertz CT molecular complexity index is 954. The van der Waals surface area contributed by atoms with Gasteiger partial charge in [0.25, 0.3) is 0 Å². The third kappa shape index (κ3) is 5.13. The highest BCUT2D eigenvalue weighted by molar-refractivity contribution is 9.10. The number of benzene rings is 2. The summed E-state index contributed by atoms with van der Waals surface area (Å²) in [6.07, 6.45) is 1.69. The number of hydrogen-bond donors (Lipinski definition) is 1. The van der Waals surface area contributed by atoms with Crippen molar-refractivity contribution < 1.29 is 13.2 Å². The first-order valence-electron chi connectivity index (χ1n) is 10.4. The maximum Gasteiger partial charge on any atom is 0.230 e. The van der Waals surface area contributed by atoms with Crippen LogP contribution in [0, 0.1) is 0 Å². The van der Waals surface area contributed by atoms with Crippen LogP contribution < -0.4 is 5.32 Å². The van der Waals surface area contributed by atoms with Gasteiger partial charge in [0.05, 0.1) is 11.2 Å². The first-order chi connectivity index (χ1) is 14.3. The standard InChI is InChI=1S/C23H29BrN2O3S/c1-3-30(28,29)26-15-13-23(14-16-26,20-7-5-4-6-8-20)22(27)25-18(2)17-19-9-11-21(24)12-10-19/h4-12,18H,3,13-17H2,1-2H3,(H,25,27). The van der Waals surface area contributed by atoms with E-state index in [0.717, 1.165) is 22.0 Å². The van der Waals surface area contributed by atoms with E-state index in [0.29, 0.717) is 25.9 Å². The highest BCUT2D eigenvalue weighted by atomic mass is 79.9. The zero-order valence-electron chi connectivity index (χ0n) is 17.5. The summed E-state index contributed by atoms with van der Waals surface area (Å²) in [5, 5.41) is 3.20. The number of nitrogens with zero attached hydrogens (tertiary/aromatic N) is 1. The molecule has 30 heavy (non-hydrogen) atoms. The molecule has 1 aliphatic heterocycles. The molecule has 1 heterocycles. The predicted molar refractivity (Wildman–Crippen MR) is 124 cm³/mol. The van der Waals surface area contributed by atoms with E-state index in [1.54, 1.807) is 6.92 Å². The first-order valence-corrected chi connectivity index (χ1v) is 12.8. The number of piperidine rings is 1. The van der Waals surface area contributed by atoms with Gasteiger partial charge in [-0.15, -0.1) is 0 Å². The number of amides is 1. The monoisotopic (exact) mass is 492 g/mol. The molecule has 162 valence electrons. The van der Waals surface area contributed by atoms with Crippen molar-refractivity contribution in [2.75, 3.05) is 18.8 Å². The first kappa shape index (κ1) is 23.0. The minimum Gasteiger partial charge on any atom is -0.353 e. The van der Waals surface area contributed by atoms with Gasteiger partial charge in [-0.2, -0.15) is 0 Å². The maximum absolute atomic E-state index is 13.5. The zero-order chi connectivity index (χ0) is 21.8. The lowest BCUT2D eigenvalue weighted by atomic mass is 9.72. The molecular weight excluding hydrogens is 464 g/mol. The summed E-state index contributed by atoms with van der Waals surface area (Å²) in [5.41, 5.74) is 1.39. The van der Waals surface area contributed by atoms with Crippen LogP contribution >= 0.6 is 15.9 Å². The SMILES string of the molecule is CCS(=O)(=O)N1CCC(C(=O)NC(C)Cc2ccc(Br)cc2)(c2ccccc2)CC1. The van der Waals surface area contributed by atoms with E-state index < -0.39 is 15.4 Å². The van der Waals surface area contributed by atoms with E-state index in [9.17, 15) is 13.2 Å². The van der Waals surface area contributed by atoms with Gasteiger partial charge in [0.15, 0.2) is 0 Å². The highest BCUT2D eigenvalue weighted by Crippen LogP contribution is 2.37. The Morgan fingerprint density at radius 1 is 1.10 bits per heavy atom. The highest BCUT2D eigenvalue weighted by Gasteiger charge is 2.44. The van der Waals surface area contributed by atoms with Gasteiger partial charge in [-0.1, -0.05) is 58.4 Å². The lowest BCUT2D eigenvalue weighted by Gasteiger charge is -2.41. The molecule has 0 bridgehead atoms. The van der Waals surface area contributed by atoms with Crippen LogP contribution in [0.15, 0.2) is 59.1 Å². The fraction of sp³-hybridized carbons (Fsp3) is 0.435. The van der Waals surface area contributed by atoms with Crippen molar-refractivity contribution in [3.63, 3.8) is 0 Å². The van der Waals surface area contributed by atoms with Crippen LogP contribution in [0.4, 0.5) is 0 Å². The summed E-state index contributed by atoms with van der Waals surface area (Å²) in [5.74, 6) is 0.0636. The number of hydrogen-bond acceptors (Lipinski definition) is 3. The van der Waals surface area contributed by atoms with Gasteiger partial charge in [0.1, 0.15) is 0 Å². The Morgan fingerprint density at radius 3 is 2.27 bits per heavy atom. The molecule has 1 fully saturated rings. The molecule has 1 atom stereocenters. The molecule has 5 nitrogen and oxygen atoms in total. The molecule has 2 aromatic rings. The van der Waals surface area contributed by atoms with E-state index in [2.05, 4.69) is 21.2 Å². The zero-order valence-corrected chi connectivity index (χ0v) is 19.9. The van der Waals surface area contributed by atoms with E-state index in [4.69, 9.17) is 0 Å². The van der Waals surface area contributed by atoms with Crippen LogP contribution in [0.25, 0.3) is 0 Å². The quantitative estimate of drug-likeness (QED) is 0.637. The van der Waals surface area contributed by atoms with Crippen molar-refractivity contribution in [1.82, 2.24) is 9.62 Å². The summed E-state index contributed by atoms with van der Waals surface area (Å²) in [7, 11) is -3.25. The molecule has 1 amide bonds. The summed E-state index contributed by atoms with van der Waals surface area (Å²) < 4.78 is 27.1. The van der Waals surface area contributed by atoms with E-state index in [-0.39, 0.29) is 17.7 Å². The van der Waals surface area contributed by atoms with Gasteiger partial charge >= 0.3 is 0 Å². The van der Waals surface area contributed by atoms with Gasteiger partial charge in [-0.25, -0.2) is 12.7 Å². The van der Waals surface area contributed by atoms with Crippen molar-refractivity contribution in [3.05, 3.63) is 70.2 Å². The van der Waals surface area contributed by atoms with Crippen molar-refractivity contribution in [2.45, 2.75) is 44.6 Å². The molecule has 2 aromatic carbocycles. The molecule has 0 aliphatic carbocycles. The van der Waals surface area contributed by atoms with E-state index in [1.807, 2.05) is 61.5 Å². The van der Waals surface area contributed by atoms with Gasteiger partial charge in [-0.05, 0) is 56.4 Å². The number of rotatable bonds is 7. The fourth-order valence-electron chi connectivity index (χ4n) is 4.12. The van der Waals surface area contributed by atoms with Crippen LogP contribution in [0.2, 0.25) is 0 Å². The number of carbonyl (C=O) groups excluding carboxylic acids is 1. The van der Waals surface area contributed by atoms with Crippen LogP contribution in [0.5, 0.6) is 0 Å². The fourth-order valence-corrected chi connectivity index (χ4v) is 5.49. The molecular formula is C23H29BrN2O3S. The normalized spacial score (nSPS) is 18.0. The largest absolute Gasteiger partial charge is 0.353 e. The lowest BCUT2D eigenvalue weighted by Crippen LogP contribution is -2.54. The molecule has 3 rings (SSSR count). The van der Waals surface area contributed by atoms with Crippen LogP contribution in [-0.4, -0.2) is 43.5 Å². The third-order valence-electron chi connectivity index (χ3n) is 5.93. The average Bonchev–Trinajstić information content (AvgIpc) is 2.76. The topological polar surface area (TPSA) is 66.5 Å². The summed E-state index contributed by atoms with van der Waals surface area (Å²) in [4.78, 5) is 13.5. The van der Waals surface area contributed by atoms with Crippen molar-refractivity contribution in [3.8, 4) is 0 Å².